The van der Waals surface area contributed by atoms with E-state index in [1.165, 1.54) is 0 Å². The molecule has 1 saturated carbocycles. The molecule has 1 rings (SSSR count). The molecule has 0 atom stereocenters. The summed E-state index contributed by atoms with van der Waals surface area (Å²) in [5.41, 5.74) is 0. The van der Waals surface area contributed by atoms with Gasteiger partial charge in [0.15, 0.2) is 0 Å². The van der Waals surface area contributed by atoms with Crippen molar-refractivity contribution in [3.05, 3.63) is 0 Å². The summed E-state index contributed by atoms with van der Waals surface area (Å²) < 4.78 is 28.2. The Morgan fingerprint density at radius 2 is 1.56 bits per heavy atom. The van der Waals surface area contributed by atoms with Crippen molar-refractivity contribution in [2.24, 2.45) is 0 Å². The van der Waals surface area contributed by atoms with Crippen LogP contribution in [0.2, 0.25) is 0 Å². The van der Waals surface area contributed by atoms with Gasteiger partial charge in [-0.25, -0.2) is 4.57 Å². The summed E-state index contributed by atoms with van der Waals surface area (Å²) in [6.45, 7) is 4.79. The molecule has 0 N–H and O–H groups in total. The molecule has 0 unspecified atom stereocenters. The highest BCUT2D eigenvalue weighted by atomic mass is 31.2. The van der Waals surface area contributed by atoms with Gasteiger partial charge in [-0.3, -0.25) is 13.6 Å². The van der Waals surface area contributed by atoms with Gasteiger partial charge < -0.3 is 0 Å². The van der Waals surface area contributed by atoms with E-state index < -0.39 is 7.82 Å². The maximum atomic E-state index is 12.2. The van der Waals surface area contributed by atoms with Crippen LogP contribution in [0.4, 0.5) is 0 Å². The molecule has 1 aliphatic carbocycles. The Bertz CT molecular complexity index is 214. The second-order valence-electron chi connectivity index (χ2n) is 4.13. The highest BCUT2D eigenvalue weighted by Crippen LogP contribution is 2.52. The van der Waals surface area contributed by atoms with Crippen LogP contribution >= 0.6 is 7.82 Å². The van der Waals surface area contributed by atoms with Crippen LogP contribution in [-0.2, 0) is 18.1 Å². The van der Waals surface area contributed by atoms with Crippen LogP contribution in [0, 0.1) is 0 Å². The number of hydrogen-bond acceptors (Lipinski definition) is 4. The molecule has 96 valence electrons. The van der Waals surface area contributed by atoms with Crippen molar-refractivity contribution < 1.29 is 18.1 Å². The van der Waals surface area contributed by atoms with E-state index in [1.807, 2.05) is 13.8 Å². The van der Waals surface area contributed by atoms with Crippen LogP contribution in [0.1, 0.15) is 52.4 Å². The van der Waals surface area contributed by atoms with Crippen molar-refractivity contribution in [3.63, 3.8) is 0 Å². The van der Waals surface area contributed by atoms with Crippen LogP contribution in [0.3, 0.4) is 0 Å². The van der Waals surface area contributed by atoms with Crippen molar-refractivity contribution in [3.8, 4) is 0 Å². The Balaban J connectivity index is 2.43. The first kappa shape index (κ1) is 14.2. The highest BCUT2D eigenvalue weighted by Gasteiger charge is 2.31. The molecule has 0 amide bonds. The predicted octanol–water partition coefficient (Wildman–Crippen LogP) is 3.91. The molecule has 0 aliphatic heterocycles. The molecule has 1 aliphatic rings. The molecule has 0 saturated heterocycles. The fourth-order valence-corrected chi connectivity index (χ4v) is 3.27. The third kappa shape index (κ3) is 4.96. The van der Waals surface area contributed by atoms with Crippen LogP contribution in [0.15, 0.2) is 0 Å². The Hall–Kier alpha value is 0.110. The average Bonchev–Trinajstić information content (AvgIpc) is 2.76. The fourth-order valence-electron chi connectivity index (χ4n) is 1.68. The summed E-state index contributed by atoms with van der Waals surface area (Å²) in [5.74, 6) is 0. The van der Waals surface area contributed by atoms with Gasteiger partial charge in [-0.05, 0) is 25.7 Å². The zero-order valence-corrected chi connectivity index (χ0v) is 11.2. The summed E-state index contributed by atoms with van der Waals surface area (Å²) in [4.78, 5) is 0. The second kappa shape index (κ2) is 7.44. The molecule has 1 fully saturated rings. The van der Waals surface area contributed by atoms with E-state index in [9.17, 15) is 4.57 Å². The average molecular weight is 250 g/mol. The van der Waals surface area contributed by atoms with Gasteiger partial charge in [0.2, 0.25) is 0 Å². The minimum Gasteiger partial charge on any atom is -0.287 e. The molecule has 0 aromatic rings. The van der Waals surface area contributed by atoms with Gasteiger partial charge >= 0.3 is 7.82 Å². The van der Waals surface area contributed by atoms with Gasteiger partial charge in [0.05, 0.1) is 19.3 Å². The largest absolute Gasteiger partial charge is 0.475 e. The fraction of sp³-hybridized carbons (Fsp3) is 1.00. The van der Waals surface area contributed by atoms with Crippen molar-refractivity contribution in [1.29, 1.82) is 0 Å². The van der Waals surface area contributed by atoms with E-state index in [0.717, 1.165) is 38.5 Å². The van der Waals surface area contributed by atoms with E-state index in [2.05, 4.69) is 0 Å². The van der Waals surface area contributed by atoms with Crippen molar-refractivity contribution in [1.82, 2.24) is 0 Å². The van der Waals surface area contributed by atoms with E-state index in [0.29, 0.717) is 13.2 Å². The lowest BCUT2D eigenvalue weighted by molar-refractivity contribution is 0.0804. The van der Waals surface area contributed by atoms with Crippen molar-refractivity contribution in [2.45, 2.75) is 58.5 Å². The van der Waals surface area contributed by atoms with Gasteiger partial charge in [-0.15, -0.1) is 0 Å². The number of phosphoric acid groups is 1. The second-order valence-corrected chi connectivity index (χ2v) is 5.75. The van der Waals surface area contributed by atoms with Crippen LogP contribution < -0.4 is 0 Å². The molecule has 0 spiro atoms. The molecule has 0 aromatic carbocycles. The summed E-state index contributed by atoms with van der Waals surface area (Å²) in [6.07, 6.45) is 5.91. The first-order valence-electron chi connectivity index (χ1n) is 6.27. The van der Waals surface area contributed by atoms with E-state index >= 15 is 0 Å². The Labute approximate surface area is 98.3 Å². The Morgan fingerprint density at radius 1 is 1.06 bits per heavy atom. The monoisotopic (exact) mass is 250 g/mol. The Morgan fingerprint density at radius 3 is 2.00 bits per heavy atom. The molecule has 5 heteroatoms. The van der Waals surface area contributed by atoms with Crippen LogP contribution in [-0.4, -0.2) is 19.3 Å². The maximum Gasteiger partial charge on any atom is 0.475 e. The van der Waals surface area contributed by atoms with Crippen LogP contribution in [0.5, 0.6) is 0 Å². The summed E-state index contributed by atoms with van der Waals surface area (Å²) in [5, 5.41) is 0. The van der Waals surface area contributed by atoms with Crippen LogP contribution in [0.25, 0.3) is 0 Å². The van der Waals surface area contributed by atoms with Gasteiger partial charge in [-0.2, -0.15) is 0 Å². The highest BCUT2D eigenvalue weighted by molar-refractivity contribution is 7.48. The minimum atomic E-state index is -3.30. The molecular weight excluding hydrogens is 227 g/mol. The Kier molecular flexibility index (Phi) is 6.59. The third-order valence-electron chi connectivity index (χ3n) is 2.49. The van der Waals surface area contributed by atoms with Crippen molar-refractivity contribution in [2.75, 3.05) is 13.2 Å². The first-order valence-corrected chi connectivity index (χ1v) is 7.73. The van der Waals surface area contributed by atoms with Gasteiger partial charge in [-0.1, -0.05) is 26.7 Å². The lowest BCUT2D eigenvalue weighted by Gasteiger charge is -2.20. The molecule has 4 nitrogen and oxygen atoms in total. The van der Waals surface area contributed by atoms with Gasteiger partial charge in [0.25, 0.3) is 0 Å². The number of hydrogen-bond donors (Lipinski definition) is 0. The van der Waals surface area contributed by atoms with E-state index in [1.54, 1.807) is 0 Å². The zero-order chi connectivity index (χ0) is 11.9. The minimum absolute atomic E-state index is 0.0551. The van der Waals surface area contributed by atoms with Gasteiger partial charge in [0.1, 0.15) is 0 Å². The SMILES string of the molecule is CCCOP(=O)(OCCC)OC1CCCC1. The topological polar surface area (TPSA) is 44.8 Å². The normalized spacial score (nSPS) is 18.1. The smallest absolute Gasteiger partial charge is 0.287 e. The standard InChI is InChI=1S/C11H23O4P/c1-3-9-13-16(12,14-10-4-2)15-11-7-5-6-8-11/h11H,3-10H2,1-2H3. The molecule has 0 radical (unpaired) electrons. The number of rotatable bonds is 8. The first-order chi connectivity index (χ1) is 7.70. The summed E-state index contributed by atoms with van der Waals surface area (Å²) in [6, 6.07) is 0. The van der Waals surface area contributed by atoms with E-state index in [4.69, 9.17) is 13.6 Å². The summed E-state index contributed by atoms with van der Waals surface area (Å²) in [7, 11) is -3.30. The van der Waals surface area contributed by atoms with E-state index in [-0.39, 0.29) is 6.10 Å². The lowest BCUT2D eigenvalue weighted by atomic mass is 10.3. The summed E-state index contributed by atoms with van der Waals surface area (Å²) >= 11 is 0. The molecule has 0 bridgehead atoms. The molecular formula is C11H23O4P. The predicted molar refractivity (Wildman–Crippen MR) is 63.4 cm³/mol. The van der Waals surface area contributed by atoms with Crippen molar-refractivity contribution >= 4 is 7.82 Å². The quantitative estimate of drug-likeness (QED) is 0.613. The van der Waals surface area contributed by atoms with Gasteiger partial charge in [0, 0.05) is 0 Å². The zero-order valence-electron chi connectivity index (χ0n) is 10.3. The number of phosphoric ester groups is 1. The molecule has 0 heterocycles. The molecule has 16 heavy (non-hydrogen) atoms. The third-order valence-corrected chi connectivity index (χ3v) is 4.04. The maximum absolute atomic E-state index is 12.2. The molecule has 0 aromatic heterocycles. The lowest BCUT2D eigenvalue weighted by Crippen LogP contribution is -2.10.